The summed E-state index contributed by atoms with van der Waals surface area (Å²) in [5, 5.41) is 0.714. The van der Waals surface area contributed by atoms with Gasteiger partial charge in [0.15, 0.2) is 0 Å². The molecule has 3 heterocycles. The van der Waals surface area contributed by atoms with Gasteiger partial charge in [-0.2, -0.15) is 0 Å². The number of ether oxygens (including phenoxy) is 2. The quantitative estimate of drug-likeness (QED) is 0.544. The molecule has 0 spiro atoms. The molecule has 0 saturated heterocycles. The predicted octanol–water partition coefficient (Wildman–Crippen LogP) is 2.63. The van der Waals surface area contributed by atoms with Crippen molar-refractivity contribution in [3.8, 4) is 11.5 Å². The minimum Gasteiger partial charge on any atom is -0.497 e. The molecule has 3 aromatic rings. The Morgan fingerprint density at radius 1 is 1.25 bits per heavy atom. The van der Waals surface area contributed by atoms with Gasteiger partial charge in [0.1, 0.15) is 16.3 Å². The maximum atomic E-state index is 13.2. The Bertz CT molecular complexity index is 1200. The van der Waals surface area contributed by atoms with E-state index in [1.165, 1.54) is 11.3 Å². The van der Waals surface area contributed by atoms with Crippen LogP contribution in [0.4, 0.5) is 0 Å². The van der Waals surface area contributed by atoms with Crippen LogP contribution in [0.1, 0.15) is 27.2 Å². The Balaban J connectivity index is 1.59. The number of carbonyl (C=O) groups excluding carboxylic acids is 1. The van der Waals surface area contributed by atoms with Gasteiger partial charge >= 0.3 is 0 Å². The highest BCUT2D eigenvalue weighted by atomic mass is 32.1. The standard InChI is InChI=1S/C23H28N4O4S/c1-25(2)9-5-10-27-14-24-21-20(23(27)29)17-8-11-26(13-19(17)32-21)22(28)16-7-6-15(30-3)12-18(16)31-4/h6-7,12,14H,5,8-11,13H2,1-4H3. The van der Waals surface area contributed by atoms with Crippen LogP contribution in [0.3, 0.4) is 0 Å². The van der Waals surface area contributed by atoms with E-state index in [9.17, 15) is 9.59 Å². The van der Waals surface area contributed by atoms with Gasteiger partial charge < -0.3 is 19.3 Å². The largest absolute Gasteiger partial charge is 0.497 e. The average molecular weight is 457 g/mol. The van der Waals surface area contributed by atoms with Gasteiger partial charge in [0.25, 0.3) is 11.5 Å². The Labute approximate surface area is 191 Å². The van der Waals surface area contributed by atoms with Gasteiger partial charge in [-0.05, 0) is 51.2 Å². The number of aryl methyl sites for hydroxylation is 1. The number of amides is 1. The third-order valence-corrected chi connectivity index (χ3v) is 6.88. The molecule has 0 radical (unpaired) electrons. The van der Waals surface area contributed by atoms with Crippen LogP contribution in [0, 0.1) is 0 Å². The van der Waals surface area contributed by atoms with E-state index in [0.29, 0.717) is 48.5 Å². The smallest absolute Gasteiger partial charge is 0.262 e. The second kappa shape index (κ2) is 9.30. The molecule has 0 unspecified atom stereocenters. The zero-order valence-corrected chi connectivity index (χ0v) is 19.7. The van der Waals surface area contributed by atoms with E-state index < -0.39 is 0 Å². The zero-order valence-electron chi connectivity index (χ0n) is 18.9. The van der Waals surface area contributed by atoms with Crippen molar-refractivity contribution in [2.45, 2.75) is 25.9 Å². The maximum absolute atomic E-state index is 13.2. The molecule has 4 rings (SSSR count). The summed E-state index contributed by atoms with van der Waals surface area (Å²) in [5.74, 6) is 1.03. The maximum Gasteiger partial charge on any atom is 0.262 e. The summed E-state index contributed by atoms with van der Waals surface area (Å²) in [7, 11) is 7.16. The van der Waals surface area contributed by atoms with Crippen LogP contribution in [-0.4, -0.2) is 66.7 Å². The SMILES string of the molecule is COc1ccc(C(=O)N2CCc3c(sc4ncn(CCCN(C)C)c(=O)c34)C2)c(OC)c1. The van der Waals surface area contributed by atoms with Gasteiger partial charge in [0.2, 0.25) is 0 Å². The second-order valence-corrected chi connectivity index (χ2v) is 9.21. The normalized spacial score (nSPS) is 13.5. The summed E-state index contributed by atoms with van der Waals surface area (Å²) < 4.78 is 12.3. The number of methoxy groups -OCH3 is 2. The minimum atomic E-state index is -0.0957. The number of nitrogens with zero attached hydrogens (tertiary/aromatic N) is 4. The molecule has 0 atom stereocenters. The predicted molar refractivity (Wildman–Crippen MR) is 125 cm³/mol. The Morgan fingerprint density at radius 2 is 2.06 bits per heavy atom. The molecule has 0 bridgehead atoms. The van der Waals surface area contributed by atoms with Gasteiger partial charge in [0, 0.05) is 24.0 Å². The highest BCUT2D eigenvalue weighted by molar-refractivity contribution is 7.18. The molecular weight excluding hydrogens is 428 g/mol. The van der Waals surface area contributed by atoms with Crippen molar-refractivity contribution < 1.29 is 14.3 Å². The van der Waals surface area contributed by atoms with Gasteiger partial charge in [-0.25, -0.2) is 4.98 Å². The zero-order chi connectivity index (χ0) is 22.8. The summed E-state index contributed by atoms with van der Waals surface area (Å²) >= 11 is 1.51. The number of fused-ring (bicyclic) bond motifs is 3. The summed E-state index contributed by atoms with van der Waals surface area (Å²) in [6.45, 7) is 2.57. The lowest BCUT2D eigenvalue weighted by Crippen LogP contribution is -2.36. The van der Waals surface area contributed by atoms with Crippen molar-refractivity contribution in [2.24, 2.45) is 0 Å². The molecule has 2 aromatic heterocycles. The van der Waals surface area contributed by atoms with E-state index in [1.807, 2.05) is 14.1 Å². The van der Waals surface area contributed by atoms with Crippen molar-refractivity contribution in [1.29, 1.82) is 0 Å². The first-order valence-electron chi connectivity index (χ1n) is 10.6. The fraction of sp³-hybridized carbons (Fsp3) is 0.435. The molecular formula is C23H28N4O4S. The fourth-order valence-corrected chi connectivity index (χ4v) is 5.25. The third-order valence-electron chi connectivity index (χ3n) is 5.76. The lowest BCUT2D eigenvalue weighted by atomic mass is 10.0. The average Bonchev–Trinajstić information content (AvgIpc) is 3.17. The molecule has 0 fully saturated rings. The molecule has 8 nitrogen and oxygen atoms in total. The highest BCUT2D eigenvalue weighted by Gasteiger charge is 2.28. The van der Waals surface area contributed by atoms with E-state index in [2.05, 4.69) is 9.88 Å². The first kappa shape index (κ1) is 22.3. The summed E-state index contributed by atoms with van der Waals surface area (Å²) in [5.41, 5.74) is 1.55. The number of thiophene rings is 1. The third kappa shape index (κ3) is 4.22. The van der Waals surface area contributed by atoms with Crippen LogP contribution in [-0.2, 0) is 19.5 Å². The van der Waals surface area contributed by atoms with Crippen LogP contribution in [0.25, 0.3) is 10.2 Å². The molecule has 1 aromatic carbocycles. The molecule has 0 N–H and O–H groups in total. The topological polar surface area (TPSA) is 76.9 Å². The van der Waals surface area contributed by atoms with Gasteiger partial charge in [-0.1, -0.05) is 0 Å². The molecule has 9 heteroatoms. The first-order valence-corrected chi connectivity index (χ1v) is 11.4. The molecule has 0 saturated carbocycles. The van der Waals surface area contributed by atoms with Crippen LogP contribution in [0.15, 0.2) is 29.3 Å². The number of benzene rings is 1. The monoisotopic (exact) mass is 456 g/mol. The lowest BCUT2D eigenvalue weighted by molar-refractivity contribution is 0.0734. The molecule has 1 aliphatic heterocycles. The van der Waals surface area contributed by atoms with Gasteiger partial charge in [-0.15, -0.1) is 11.3 Å². The number of aromatic nitrogens is 2. The number of hydrogen-bond acceptors (Lipinski definition) is 7. The molecule has 32 heavy (non-hydrogen) atoms. The van der Waals surface area contributed by atoms with Crippen molar-refractivity contribution >= 4 is 27.5 Å². The van der Waals surface area contributed by atoms with Crippen LogP contribution >= 0.6 is 11.3 Å². The van der Waals surface area contributed by atoms with Gasteiger partial charge in [-0.3, -0.25) is 14.2 Å². The van der Waals surface area contributed by atoms with E-state index in [1.54, 1.807) is 48.2 Å². The Hall–Kier alpha value is -2.91. The Kier molecular flexibility index (Phi) is 6.48. The van der Waals surface area contributed by atoms with E-state index in [-0.39, 0.29) is 11.5 Å². The van der Waals surface area contributed by atoms with Crippen LogP contribution < -0.4 is 15.0 Å². The van der Waals surface area contributed by atoms with Gasteiger partial charge in [0.05, 0.1) is 38.0 Å². The highest BCUT2D eigenvalue weighted by Crippen LogP contribution is 2.34. The summed E-state index contributed by atoms with van der Waals surface area (Å²) in [6.07, 6.45) is 3.17. The second-order valence-electron chi connectivity index (χ2n) is 8.13. The summed E-state index contributed by atoms with van der Waals surface area (Å²) in [4.78, 5) is 36.6. The van der Waals surface area contributed by atoms with E-state index in [4.69, 9.17) is 9.47 Å². The van der Waals surface area contributed by atoms with Crippen molar-refractivity contribution in [3.05, 3.63) is 50.9 Å². The first-order chi connectivity index (χ1) is 15.4. The number of rotatable bonds is 7. The summed E-state index contributed by atoms with van der Waals surface area (Å²) in [6, 6.07) is 5.20. The molecule has 1 aliphatic rings. The lowest BCUT2D eigenvalue weighted by Gasteiger charge is -2.27. The van der Waals surface area contributed by atoms with Crippen LogP contribution in [0.2, 0.25) is 0 Å². The van der Waals surface area contributed by atoms with Crippen molar-refractivity contribution in [3.63, 3.8) is 0 Å². The van der Waals surface area contributed by atoms with Crippen LogP contribution in [0.5, 0.6) is 11.5 Å². The molecule has 170 valence electrons. The Morgan fingerprint density at radius 3 is 2.78 bits per heavy atom. The van der Waals surface area contributed by atoms with Crippen molar-refractivity contribution in [2.75, 3.05) is 41.4 Å². The molecule has 1 amide bonds. The number of carbonyl (C=O) groups is 1. The number of hydrogen-bond donors (Lipinski definition) is 0. The van der Waals surface area contributed by atoms with E-state index >= 15 is 0 Å². The van der Waals surface area contributed by atoms with Crippen molar-refractivity contribution in [1.82, 2.24) is 19.4 Å². The fourth-order valence-electron chi connectivity index (χ4n) is 4.05. The minimum absolute atomic E-state index is 0.0165. The molecule has 0 aliphatic carbocycles. The van der Waals surface area contributed by atoms with E-state index in [0.717, 1.165) is 28.2 Å².